The molecule has 2 aromatic rings. The van der Waals surface area contributed by atoms with E-state index in [9.17, 15) is 10.1 Å². The Morgan fingerprint density at radius 2 is 2.00 bits per heavy atom. The number of furan rings is 1. The van der Waals surface area contributed by atoms with E-state index in [2.05, 4.69) is 5.32 Å². The lowest BCUT2D eigenvalue weighted by Gasteiger charge is -2.07. The third kappa shape index (κ3) is 3.20. The molecule has 0 aliphatic rings. The number of nitrogens with one attached hydrogen (secondary N) is 1. The molecule has 5 heteroatoms. The lowest BCUT2D eigenvalue weighted by atomic mass is 10.1. The maximum Gasteiger partial charge on any atom is 0.272 e. The molecule has 0 spiro atoms. The smallest absolute Gasteiger partial charge is 0.272 e. The highest BCUT2D eigenvalue weighted by Gasteiger charge is 2.12. The van der Waals surface area contributed by atoms with Gasteiger partial charge >= 0.3 is 0 Å². The van der Waals surface area contributed by atoms with Gasteiger partial charge in [-0.05, 0) is 31.5 Å². The van der Waals surface area contributed by atoms with Crippen molar-refractivity contribution in [1.82, 2.24) is 5.32 Å². The Balaban J connectivity index is 2.00. The molecule has 0 saturated carbocycles. The van der Waals surface area contributed by atoms with Crippen molar-refractivity contribution < 1.29 is 9.34 Å². The standard InChI is InChI=1S/C14H16N2O3/c1-10-6-7-13(19-10)9-15-8-12-4-3-5-14(11(12)2)16(17)18/h3-7,15H,8-9H2,1-2H3. The van der Waals surface area contributed by atoms with Crippen LogP contribution in [0.1, 0.15) is 22.6 Å². The SMILES string of the molecule is Cc1ccc(CNCc2cccc([N+](=O)[O-])c2C)o1. The van der Waals surface area contributed by atoms with Crippen molar-refractivity contribution in [3.63, 3.8) is 0 Å². The summed E-state index contributed by atoms with van der Waals surface area (Å²) in [5.74, 6) is 1.74. The second-order valence-electron chi connectivity index (χ2n) is 4.43. The van der Waals surface area contributed by atoms with Crippen LogP contribution in [-0.2, 0) is 13.1 Å². The molecular weight excluding hydrogens is 244 g/mol. The van der Waals surface area contributed by atoms with Crippen LogP contribution in [0.3, 0.4) is 0 Å². The molecule has 5 nitrogen and oxygen atoms in total. The Bertz CT molecular complexity index is 590. The first kappa shape index (κ1) is 13.3. The summed E-state index contributed by atoms with van der Waals surface area (Å²) in [4.78, 5) is 10.5. The summed E-state index contributed by atoms with van der Waals surface area (Å²) in [6.45, 7) is 4.85. The van der Waals surface area contributed by atoms with Crippen LogP contribution in [0, 0.1) is 24.0 Å². The first-order valence-electron chi connectivity index (χ1n) is 6.07. The van der Waals surface area contributed by atoms with Crippen molar-refractivity contribution >= 4 is 5.69 Å². The third-order valence-electron chi connectivity index (χ3n) is 3.02. The number of nitro benzene ring substituents is 1. The number of nitrogens with zero attached hydrogens (tertiary/aromatic N) is 1. The summed E-state index contributed by atoms with van der Waals surface area (Å²) in [7, 11) is 0. The molecule has 0 saturated heterocycles. The summed E-state index contributed by atoms with van der Waals surface area (Å²) in [6.07, 6.45) is 0. The fourth-order valence-corrected chi connectivity index (χ4v) is 1.96. The first-order valence-corrected chi connectivity index (χ1v) is 6.07. The molecule has 100 valence electrons. The van der Waals surface area contributed by atoms with Gasteiger partial charge in [0.1, 0.15) is 11.5 Å². The first-order chi connectivity index (χ1) is 9.08. The maximum absolute atomic E-state index is 10.8. The zero-order chi connectivity index (χ0) is 13.8. The molecule has 0 fully saturated rings. The third-order valence-corrected chi connectivity index (χ3v) is 3.02. The van der Waals surface area contributed by atoms with Crippen LogP contribution >= 0.6 is 0 Å². The molecule has 1 heterocycles. The van der Waals surface area contributed by atoms with E-state index in [0.29, 0.717) is 18.7 Å². The van der Waals surface area contributed by atoms with Gasteiger partial charge < -0.3 is 9.73 Å². The fraction of sp³-hybridized carbons (Fsp3) is 0.286. The highest BCUT2D eigenvalue weighted by Crippen LogP contribution is 2.20. The van der Waals surface area contributed by atoms with Crippen molar-refractivity contribution in [2.45, 2.75) is 26.9 Å². The summed E-state index contributed by atoms with van der Waals surface area (Å²) in [5, 5.41) is 14.1. The molecule has 1 aromatic carbocycles. The molecule has 0 unspecified atom stereocenters. The van der Waals surface area contributed by atoms with Crippen molar-refractivity contribution in [3.8, 4) is 0 Å². The lowest BCUT2D eigenvalue weighted by molar-refractivity contribution is -0.385. The van der Waals surface area contributed by atoms with Gasteiger partial charge in [0.2, 0.25) is 0 Å². The number of aryl methyl sites for hydroxylation is 1. The normalized spacial score (nSPS) is 10.6. The number of hydrogen-bond donors (Lipinski definition) is 1. The van der Waals surface area contributed by atoms with Gasteiger partial charge in [0.05, 0.1) is 11.5 Å². The summed E-state index contributed by atoms with van der Waals surface area (Å²) >= 11 is 0. The van der Waals surface area contributed by atoms with E-state index in [-0.39, 0.29) is 10.6 Å². The van der Waals surface area contributed by atoms with Crippen LogP contribution in [0.25, 0.3) is 0 Å². The topological polar surface area (TPSA) is 68.3 Å². The molecule has 0 atom stereocenters. The Labute approximate surface area is 111 Å². The molecule has 0 bridgehead atoms. The van der Waals surface area contributed by atoms with E-state index in [0.717, 1.165) is 17.1 Å². The van der Waals surface area contributed by atoms with Gasteiger partial charge in [-0.3, -0.25) is 10.1 Å². The van der Waals surface area contributed by atoms with E-state index >= 15 is 0 Å². The van der Waals surface area contributed by atoms with Gasteiger partial charge in [0.25, 0.3) is 5.69 Å². The largest absolute Gasteiger partial charge is 0.465 e. The second-order valence-corrected chi connectivity index (χ2v) is 4.43. The lowest BCUT2D eigenvalue weighted by Crippen LogP contribution is -2.13. The minimum atomic E-state index is -0.352. The van der Waals surface area contributed by atoms with Gasteiger partial charge in [-0.25, -0.2) is 0 Å². The molecule has 2 rings (SSSR count). The molecule has 1 N–H and O–H groups in total. The van der Waals surface area contributed by atoms with E-state index in [1.54, 1.807) is 13.0 Å². The van der Waals surface area contributed by atoms with Crippen LogP contribution in [0.5, 0.6) is 0 Å². The average molecular weight is 260 g/mol. The van der Waals surface area contributed by atoms with Gasteiger partial charge in [0.15, 0.2) is 0 Å². The van der Waals surface area contributed by atoms with E-state index < -0.39 is 0 Å². The number of rotatable bonds is 5. The van der Waals surface area contributed by atoms with Crippen molar-refractivity contribution in [2.24, 2.45) is 0 Å². The van der Waals surface area contributed by atoms with Crippen molar-refractivity contribution in [3.05, 3.63) is 63.1 Å². The fourth-order valence-electron chi connectivity index (χ4n) is 1.96. The van der Waals surface area contributed by atoms with Gasteiger partial charge in [0, 0.05) is 18.2 Å². The van der Waals surface area contributed by atoms with Crippen molar-refractivity contribution in [1.29, 1.82) is 0 Å². The van der Waals surface area contributed by atoms with E-state index in [1.165, 1.54) is 6.07 Å². The Hall–Kier alpha value is -2.14. The van der Waals surface area contributed by atoms with Crippen molar-refractivity contribution in [2.75, 3.05) is 0 Å². The number of nitro groups is 1. The van der Waals surface area contributed by atoms with Gasteiger partial charge in [-0.1, -0.05) is 12.1 Å². The molecule has 0 radical (unpaired) electrons. The Morgan fingerprint density at radius 1 is 1.21 bits per heavy atom. The predicted molar refractivity (Wildman–Crippen MR) is 71.8 cm³/mol. The average Bonchev–Trinajstić information content (AvgIpc) is 2.77. The highest BCUT2D eigenvalue weighted by molar-refractivity contribution is 5.44. The highest BCUT2D eigenvalue weighted by atomic mass is 16.6. The summed E-state index contributed by atoms with van der Waals surface area (Å²) in [6, 6.07) is 8.95. The summed E-state index contributed by atoms with van der Waals surface area (Å²) in [5.41, 5.74) is 1.79. The van der Waals surface area contributed by atoms with Crippen LogP contribution in [0.15, 0.2) is 34.7 Å². The minimum Gasteiger partial charge on any atom is -0.465 e. The molecule has 0 amide bonds. The van der Waals surface area contributed by atoms with Crippen LogP contribution < -0.4 is 5.32 Å². The Kier molecular flexibility index (Phi) is 3.97. The van der Waals surface area contributed by atoms with E-state index in [1.807, 2.05) is 25.1 Å². The van der Waals surface area contributed by atoms with Crippen LogP contribution in [0.2, 0.25) is 0 Å². The molecule has 0 aliphatic carbocycles. The Morgan fingerprint density at radius 3 is 2.63 bits per heavy atom. The zero-order valence-corrected chi connectivity index (χ0v) is 11.0. The molecule has 19 heavy (non-hydrogen) atoms. The van der Waals surface area contributed by atoms with Crippen LogP contribution in [-0.4, -0.2) is 4.92 Å². The quantitative estimate of drug-likeness (QED) is 0.662. The van der Waals surface area contributed by atoms with Crippen LogP contribution in [0.4, 0.5) is 5.69 Å². The molecular formula is C14H16N2O3. The number of benzene rings is 1. The second kappa shape index (κ2) is 5.67. The number of hydrogen-bond acceptors (Lipinski definition) is 4. The van der Waals surface area contributed by atoms with Gasteiger partial charge in [-0.2, -0.15) is 0 Å². The monoisotopic (exact) mass is 260 g/mol. The predicted octanol–water partition coefficient (Wildman–Crippen LogP) is 3.09. The maximum atomic E-state index is 10.8. The summed E-state index contributed by atoms with van der Waals surface area (Å²) < 4.78 is 5.44. The minimum absolute atomic E-state index is 0.160. The zero-order valence-electron chi connectivity index (χ0n) is 11.0. The molecule has 0 aliphatic heterocycles. The molecule has 1 aromatic heterocycles. The van der Waals surface area contributed by atoms with E-state index in [4.69, 9.17) is 4.42 Å². The van der Waals surface area contributed by atoms with Gasteiger partial charge in [-0.15, -0.1) is 0 Å².